The minimum absolute atomic E-state index is 0.0235. The van der Waals surface area contributed by atoms with Crippen LogP contribution < -0.4 is 20.4 Å². The van der Waals surface area contributed by atoms with Gasteiger partial charge >= 0.3 is 4.87 Å². The molecule has 0 bridgehead atoms. The molecule has 2 amide bonds. The molecule has 0 spiro atoms. The highest BCUT2D eigenvalue weighted by Gasteiger charge is 2.17. The fourth-order valence-corrected chi connectivity index (χ4v) is 3.62. The Bertz CT molecular complexity index is 872. The van der Waals surface area contributed by atoms with Crippen LogP contribution in [0.5, 0.6) is 0 Å². The van der Waals surface area contributed by atoms with Gasteiger partial charge in [0.05, 0.1) is 18.4 Å². The van der Waals surface area contributed by atoms with Crippen molar-refractivity contribution < 1.29 is 9.59 Å². The molecule has 1 aliphatic rings. The number of carbonyl (C=O) groups excluding carboxylic acids is 2. The fraction of sp³-hybridized carbons (Fsp3) is 0.412. The van der Waals surface area contributed by atoms with E-state index in [-0.39, 0.29) is 29.7 Å². The number of hydrogen-bond acceptors (Lipinski definition) is 6. The summed E-state index contributed by atoms with van der Waals surface area (Å²) in [5.41, 5.74) is 1.50. The van der Waals surface area contributed by atoms with E-state index in [2.05, 4.69) is 15.6 Å². The molecule has 0 aromatic carbocycles. The highest BCUT2D eigenvalue weighted by molar-refractivity contribution is 7.09. The Hall–Kier alpha value is -2.68. The molecule has 26 heavy (non-hydrogen) atoms. The van der Waals surface area contributed by atoms with Crippen LogP contribution in [-0.4, -0.2) is 41.0 Å². The lowest BCUT2D eigenvalue weighted by Gasteiger charge is -2.27. The van der Waals surface area contributed by atoms with Gasteiger partial charge in [0.15, 0.2) is 0 Å². The Morgan fingerprint density at radius 2 is 2.15 bits per heavy atom. The molecule has 0 unspecified atom stereocenters. The molecule has 1 fully saturated rings. The summed E-state index contributed by atoms with van der Waals surface area (Å²) < 4.78 is 1.63. The van der Waals surface area contributed by atoms with E-state index in [0.29, 0.717) is 31.1 Å². The molecule has 8 nitrogen and oxygen atoms in total. The molecule has 2 aromatic heterocycles. The molecular formula is C17H21N5O3S. The number of pyridine rings is 1. The van der Waals surface area contributed by atoms with Crippen LogP contribution in [0.2, 0.25) is 0 Å². The van der Waals surface area contributed by atoms with Crippen LogP contribution in [0.15, 0.2) is 23.1 Å². The van der Waals surface area contributed by atoms with Gasteiger partial charge in [0.1, 0.15) is 5.82 Å². The van der Waals surface area contributed by atoms with Crippen molar-refractivity contribution in [3.63, 3.8) is 0 Å². The van der Waals surface area contributed by atoms with E-state index < -0.39 is 0 Å². The highest BCUT2D eigenvalue weighted by atomic mass is 32.1. The van der Waals surface area contributed by atoms with E-state index in [0.717, 1.165) is 10.6 Å². The minimum Gasteiger partial charge on any atom is -0.353 e. The van der Waals surface area contributed by atoms with Gasteiger partial charge in [-0.1, -0.05) is 11.3 Å². The average molecular weight is 375 g/mol. The van der Waals surface area contributed by atoms with Crippen LogP contribution in [0.4, 0.5) is 11.5 Å². The number of nitrogens with one attached hydrogen (secondary N) is 2. The lowest BCUT2D eigenvalue weighted by molar-refractivity contribution is -0.120. The first-order chi connectivity index (χ1) is 12.4. The summed E-state index contributed by atoms with van der Waals surface area (Å²) in [5.74, 6) is 0.505. The Kier molecular flexibility index (Phi) is 5.36. The van der Waals surface area contributed by atoms with Crippen molar-refractivity contribution in [2.75, 3.05) is 29.9 Å². The molecule has 2 aromatic rings. The van der Waals surface area contributed by atoms with Gasteiger partial charge in [-0.15, -0.1) is 0 Å². The van der Waals surface area contributed by atoms with E-state index >= 15 is 0 Å². The maximum atomic E-state index is 12.1. The van der Waals surface area contributed by atoms with E-state index in [1.54, 1.807) is 22.9 Å². The maximum Gasteiger partial charge on any atom is 0.307 e. The molecule has 0 aliphatic carbocycles. The highest BCUT2D eigenvalue weighted by Crippen LogP contribution is 2.15. The third-order valence-corrected chi connectivity index (χ3v) is 5.33. The summed E-state index contributed by atoms with van der Waals surface area (Å²) in [5, 5.41) is 5.55. The van der Waals surface area contributed by atoms with Gasteiger partial charge in [0, 0.05) is 36.6 Å². The molecule has 1 aliphatic heterocycles. The summed E-state index contributed by atoms with van der Waals surface area (Å²) in [6, 6.07) is 3.55. The molecule has 0 saturated carbocycles. The second-order valence-electron chi connectivity index (χ2n) is 6.14. The van der Waals surface area contributed by atoms with Gasteiger partial charge in [-0.25, -0.2) is 4.98 Å². The third kappa shape index (κ3) is 4.10. The number of aromatic nitrogens is 2. The van der Waals surface area contributed by atoms with Crippen molar-refractivity contribution in [1.29, 1.82) is 0 Å². The first-order valence-corrected chi connectivity index (χ1v) is 9.20. The van der Waals surface area contributed by atoms with Crippen molar-refractivity contribution >= 4 is 34.7 Å². The lowest BCUT2D eigenvalue weighted by Crippen LogP contribution is -2.48. The van der Waals surface area contributed by atoms with Gasteiger partial charge in [-0.2, -0.15) is 0 Å². The van der Waals surface area contributed by atoms with Crippen molar-refractivity contribution in [3.8, 4) is 0 Å². The van der Waals surface area contributed by atoms with Gasteiger partial charge in [0.2, 0.25) is 11.8 Å². The second kappa shape index (κ2) is 7.69. The van der Waals surface area contributed by atoms with Crippen LogP contribution in [0.3, 0.4) is 0 Å². The third-order valence-electron chi connectivity index (χ3n) is 4.33. The van der Waals surface area contributed by atoms with Gasteiger partial charge in [-0.3, -0.25) is 14.4 Å². The van der Waals surface area contributed by atoms with Crippen molar-refractivity contribution in [3.05, 3.63) is 38.6 Å². The number of thiazole rings is 1. The molecule has 0 atom stereocenters. The predicted octanol–water partition coefficient (Wildman–Crippen LogP) is 0.887. The standard InChI is InChI=1S/C17H21N5O3S/c1-11-12(2)26-17(25)22(11)7-5-15(23)20-13-3-4-14(19-9-13)21-8-6-18-16(24)10-21/h3-4,9H,5-8,10H2,1-2H3,(H,18,24)(H,20,23). The quantitative estimate of drug-likeness (QED) is 0.809. The van der Waals surface area contributed by atoms with Gasteiger partial charge < -0.3 is 20.1 Å². The number of rotatable bonds is 5. The SMILES string of the molecule is Cc1sc(=O)n(CCC(=O)Nc2ccc(N3CCNC(=O)C3)nc2)c1C. The van der Waals surface area contributed by atoms with Crippen LogP contribution >= 0.6 is 11.3 Å². The molecule has 3 rings (SSSR count). The Balaban J connectivity index is 1.56. The molecule has 9 heteroatoms. The Morgan fingerprint density at radius 3 is 2.77 bits per heavy atom. The minimum atomic E-state index is -0.174. The zero-order valence-corrected chi connectivity index (χ0v) is 15.6. The summed E-state index contributed by atoms with van der Waals surface area (Å²) in [4.78, 5) is 42.6. The molecule has 138 valence electrons. The molecule has 2 N–H and O–H groups in total. The zero-order chi connectivity index (χ0) is 18.7. The number of hydrogen-bond donors (Lipinski definition) is 2. The van der Waals surface area contributed by atoms with Crippen LogP contribution in [-0.2, 0) is 16.1 Å². The summed E-state index contributed by atoms with van der Waals surface area (Å²) in [6.07, 6.45) is 1.79. The Morgan fingerprint density at radius 1 is 1.35 bits per heavy atom. The molecule has 3 heterocycles. The summed E-state index contributed by atoms with van der Waals surface area (Å²) >= 11 is 1.20. The summed E-state index contributed by atoms with van der Waals surface area (Å²) in [7, 11) is 0. The van der Waals surface area contributed by atoms with Crippen molar-refractivity contribution in [1.82, 2.24) is 14.9 Å². The number of piperazine rings is 1. The number of amides is 2. The van der Waals surface area contributed by atoms with Crippen LogP contribution in [0.25, 0.3) is 0 Å². The zero-order valence-electron chi connectivity index (χ0n) is 14.7. The topological polar surface area (TPSA) is 96.3 Å². The smallest absolute Gasteiger partial charge is 0.307 e. The lowest BCUT2D eigenvalue weighted by atomic mass is 10.3. The number of aryl methyl sites for hydroxylation is 1. The normalized spacial score (nSPS) is 14.2. The van der Waals surface area contributed by atoms with E-state index in [1.165, 1.54) is 11.3 Å². The van der Waals surface area contributed by atoms with Crippen molar-refractivity contribution in [2.24, 2.45) is 0 Å². The van der Waals surface area contributed by atoms with Crippen LogP contribution in [0.1, 0.15) is 17.0 Å². The van der Waals surface area contributed by atoms with E-state index in [4.69, 9.17) is 0 Å². The largest absolute Gasteiger partial charge is 0.353 e. The predicted molar refractivity (Wildman–Crippen MR) is 101 cm³/mol. The van der Waals surface area contributed by atoms with Crippen LogP contribution in [0, 0.1) is 13.8 Å². The molecule has 0 radical (unpaired) electrons. The maximum absolute atomic E-state index is 12.1. The molecule has 1 saturated heterocycles. The van der Waals surface area contributed by atoms with Gasteiger partial charge in [0.25, 0.3) is 0 Å². The fourth-order valence-electron chi connectivity index (χ4n) is 2.76. The second-order valence-corrected chi connectivity index (χ2v) is 7.30. The summed E-state index contributed by atoms with van der Waals surface area (Å²) in [6.45, 7) is 5.73. The first kappa shape index (κ1) is 18.1. The number of nitrogens with zero attached hydrogens (tertiary/aromatic N) is 3. The van der Waals surface area contributed by atoms with Gasteiger partial charge in [-0.05, 0) is 26.0 Å². The van der Waals surface area contributed by atoms with Crippen molar-refractivity contribution in [2.45, 2.75) is 26.8 Å². The monoisotopic (exact) mass is 375 g/mol. The van der Waals surface area contributed by atoms with E-state index in [1.807, 2.05) is 18.7 Å². The number of carbonyl (C=O) groups is 2. The number of anilines is 2. The van der Waals surface area contributed by atoms with E-state index in [9.17, 15) is 14.4 Å². The average Bonchev–Trinajstić information content (AvgIpc) is 2.86. The molecular weight excluding hydrogens is 354 g/mol. The Labute approximate surface area is 154 Å². The first-order valence-electron chi connectivity index (χ1n) is 8.38.